The predicted octanol–water partition coefficient (Wildman–Crippen LogP) is 4.18. The third-order valence-electron chi connectivity index (χ3n) is 2.90. The van der Waals surface area contributed by atoms with E-state index < -0.39 is 5.97 Å². The zero-order valence-corrected chi connectivity index (χ0v) is 14.2. The van der Waals surface area contributed by atoms with E-state index in [-0.39, 0.29) is 18.5 Å². The molecule has 0 saturated carbocycles. The summed E-state index contributed by atoms with van der Waals surface area (Å²) in [7, 11) is 0. The first kappa shape index (κ1) is 17.8. The number of nitrogens with one attached hydrogen (secondary N) is 2. The summed E-state index contributed by atoms with van der Waals surface area (Å²) in [5.41, 5.74) is 1.50. The van der Waals surface area contributed by atoms with E-state index in [0.717, 1.165) is 10.0 Å². The van der Waals surface area contributed by atoms with E-state index in [1.54, 1.807) is 6.07 Å². The van der Waals surface area contributed by atoms with E-state index in [2.05, 4.69) is 26.6 Å². The van der Waals surface area contributed by atoms with Gasteiger partial charge >= 0.3 is 12.0 Å². The second kappa shape index (κ2) is 8.24. The fourth-order valence-electron chi connectivity index (χ4n) is 1.76. The van der Waals surface area contributed by atoms with Crippen molar-refractivity contribution in [2.75, 3.05) is 5.32 Å². The molecule has 0 aromatic heterocycles. The SMILES string of the molecule is Cc1cc(Br)c(NC(=O)NC(C)CCCC(=O)O)cc1Cl. The Hall–Kier alpha value is -1.27. The van der Waals surface area contributed by atoms with Crippen LogP contribution in [0.5, 0.6) is 0 Å². The van der Waals surface area contributed by atoms with Gasteiger partial charge in [-0.25, -0.2) is 4.79 Å². The molecule has 116 valence electrons. The minimum absolute atomic E-state index is 0.104. The Bertz CT molecular complexity index is 537. The molecule has 5 nitrogen and oxygen atoms in total. The van der Waals surface area contributed by atoms with Crippen LogP contribution in [0.4, 0.5) is 10.5 Å². The topological polar surface area (TPSA) is 78.4 Å². The third kappa shape index (κ3) is 6.35. The van der Waals surface area contributed by atoms with Gasteiger partial charge in [0.15, 0.2) is 0 Å². The molecule has 7 heteroatoms. The summed E-state index contributed by atoms with van der Waals surface area (Å²) in [6.45, 7) is 3.71. The summed E-state index contributed by atoms with van der Waals surface area (Å²) in [6, 6.07) is 3.05. The van der Waals surface area contributed by atoms with Crippen molar-refractivity contribution < 1.29 is 14.7 Å². The molecule has 0 fully saturated rings. The van der Waals surface area contributed by atoms with Crippen molar-refractivity contribution in [3.8, 4) is 0 Å². The molecular weight excluding hydrogens is 360 g/mol. The van der Waals surface area contributed by atoms with Crippen molar-refractivity contribution >= 4 is 45.2 Å². The summed E-state index contributed by atoms with van der Waals surface area (Å²) in [6.07, 6.45) is 1.24. The maximum absolute atomic E-state index is 11.9. The highest BCUT2D eigenvalue weighted by molar-refractivity contribution is 9.10. The minimum Gasteiger partial charge on any atom is -0.481 e. The highest BCUT2D eigenvalue weighted by Gasteiger charge is 2.11. The van der Waals surface area contributed by atoms with Crippen molar-refractivity contribution in [1.82, 2.24) is 5.32 Å². The number of hydrogen-bond acceptors (Lipinski definition) is 2. The number of urea groups is 1. The van der Waals surface area contributed by atoms with Crippen molar-refractivity contribution in [3.63, 3.8) is 0 Å². The molecule has 1 aromatic rings. The van der Waals surface area contributed by atoms with Crippen LogP contribution in [0.15, 0.2) is 16.6 Å². The number of anilines is 1. The number of hydrogen-bond donors (Lipinski definition) is 3. The Kier molecular flexibility index (Phi) is 6.98. The van der Waals surface area contributed by atoms with E-state index in [9.17, 15) is 9.59 Å². The molecule has 0 spiro atoms. The van der Waals surface area contributed by atoms with E-state index >= 15 is 0 Å². The average Bonchev–Trinajstić information content (AvgIpc) is 2.35. The normalized spacial score (nSPS) is 11.8. The number of carbonyl (C=O) groups is 2. The number of benzene rings is 1. The van der Waals surface area contributed by atoms with Crippen molar-refractivity contribution in [2.45, 2.75) is 39.2 Å². The van der Waals surface area contributed by atoms with Crippen LogP contribution in [-0.2, 0) is 4.79 Å². The second-order valence-corrected chi connectivity index (χ2v) is 6.13. The largest absolute Gasteiger partial charge is 0.481 e. The molecule has 0 saturated heterocycles. The average molecular weight is 378 g/mol. The fraction of sp³-hybridized carbons (Fsp3) is 0.429. The van der Waals surface area contributed by atoms with Gasteiger partial charge in [0.05, 0.1) is 5.69 Å². The molecule has 0 aliphatic carbocycles. The van der Waals surface area contributed by atoms with Crippen LogP contribution >= 0.6 is 27.5 Å². The molecule has 0 heterocycles. The lowest BCUT2D eigenvalue weighted by Crippen LogP contribution is -2.36. The van der Waals surface area contributed by atoms with Crippen molar-refractivity contribution in [3.05, 3.63) is 27.2 Å². The number of rotatable bonds is 6. The number of amides is 2. The van der Waals surface area contributed by atoms with Gasteiger partial charge < -0.3 is 15.7 Å². The maximum atomic E-state index is 11.9. The van der Waals surface area contributed by atoms with Crippen LogP contribution in [0.3, 0.4) is 0 Å². The van der Waals surface area contributed by atoms with Gasteiger partial charge in [-0.3, -0.25) is 4.79 Å². The Morgan fingerprint density at radius 1 is 1.43 bits per heavy atom. The van der Waals surface area contributed by atoms with Crippen LogP contribution in [0.25, 0.3) is 0 Å². The van der Waals surface area contributed by atoms with Gasteiger partial charge in [0.1, 0.15) is 0 Å². The standard InChI is InChI=1S/C14H18BrClN2O3/c1-8-6-10(15)12(7-11(8)16)18-14(21)17-9(2)4-3-5-13(19)20/h6-7,9H,3-5H2,1-2H3,(H,19,20)(H2,17,18,21). The molecule has 1 atom stereocenters. The molecule has 0 aliphatic rings. The second-order valence-electron chi connectivity index (χ2n) is 4.87. The van der Waals surface area contributed by atoms with E-state index in [1.807, 2.05) is 19.9 Å². The van der Waals surface area contributed by atoms with Gasteiger partial charge in [0.25, 0.3) is 0 Å². The van der Waals surface area contributed by atoms with Crippen LogP contribution in [0.2, 0.25) is 5.02 Å². The summed E-state index contributed by atoms with van der Waals surface area (Å²) in [5.74, 6) is -0.829. The lowest BCUT2D eigenvalue weighted by molar-refractivity contribution is -0.137. The number of carboxylic acid groups (broad SMARTS) is 1. The van der Waals surface area contributed by atoms with Crippen LogP contribution in [-0.4, -0.2) is 23.1 Å². The Morgan fingerprint density at radius 2 is 2.10 bits per heavy atom. The summed E-state index contributed by atoms with van der Waals surface area (Å²) >= 11 is 9.39. The lowest BCUT2D eigenvalue weighted by Gasteiger charge is -2.15. The molecule has 0 radical (unpaired) electrons. The van der Waals surface area contributed by atoms with Gasteiger partial charge in [-0.1, -0.05) is 11.6 Å². The molecule has 1 unspecified atom stereocenters. The Morgan fingerprint density at radius 3 is 2.71 bits per heavy atom. The van der Waals surface area contributed by atoms with Gasteiger partial charge in [0.2, 0.25) is 0 Å². The number of aliphatic carboxylic acids is 1. The van der Waals surface area contributed by atoms with E-state index in [1.165, 1.54) is 0 Å². The maximum Gasteiger partial charge on any atom is 0.319 e. The zero-order valence-electron chi connectivity index (χ0n) is 11.9. The first-order valence-electron chi connectivity index (χ1n) is 6.54. The summed E-state index contributed by atoms with van der Waals surface area (Å²) in [5, 5.41) is 14.6. The van der Waals surface area contributed by atoms with Gasteiger partial charge in [0, 0.05) is 22.0 Å². The first-order chi connectivity index (χ1) is 9.79. The zero-order chi connectivity index (χ0) is 16.0. The molecule has 0 bridgehead atoms. The number of halogens is 2. The number of carbonyl (C=O) groups excluding carboxylic acids is 1. The quantitative estimate of drug-likeness (QED) is 0.696. The van der Waals surface area contributed by atoms with Gasteiger partial charge in [-0.05, 0) is 60.3 Å². The van der Waals surface area contributed by atoms with Crippen molar-refractivity contribution in [2.24, 2.45) is 0 Å². The van der Waals surface area contributed by atoms with Crippen LogP contribution < -0.4 is 10.6 Å². The molecule has 3 N–H and O–H groups in total. The predicted molar refractivity (Wildman–Crippen MR) is 87.0 cm³/mol. The van der Waals surface area contributed by atoms with E-state index in [4.69, 9.17) is 16.7 Å². The smallest absolute Gasteiger partial charge is 0.319 e. The summed E-state index contributed by atoms with van der Waals surface area (Å²) < 4.78 is 0.748. The minimum atomic E-state index is -0.829. The molecule has 1 aromatic carbocycles. The Balaban J connectivity index is 2.50. The first-order valence-corrected chi connectivity index (χ1v) is 7.71. The highest BCUT2D eigenvalue weighted by atomic mass is 79.9. The Labute approximate surface area is 137 Å². The highest BCUT2D eigenvalue weighted by Crippen LogP contribution is 2.29. The van der Waals surface area contributed by atoms with Crippen LogP contribution in [0, 0.1) is 6.92 Å². The summed E-state index contributed by atoms with van der Waals surface area (Å²) in [4.78, 5) is 22.3. The molecule has 1 rings (SSSR count). The molecular formula is C14H18BrClN2O3. The monoisotopic (exact) mass is 376 g/mol. The third-order valence-corrected chi connectivity index (χ3v) is 3.97. The molecule has 2 amide bonds. The van der Waals surface area contributed by atoms with Gasteiger partial charge in [-0.15, -0.1) is 0 Å². The van der Waals surface area contributed by atoms with Crippen LogP contribution in [0.1, 0.15) is 31.7 Å². The lowest BCUT2D eigenvalue weighted by atomic mass is 10.1. The number of carboxylic acids is 1. The van der Waals surface area contributed by atoms with Gasteiger partial charge in [-0.2, -0.15) is 0 Å². The van der Waals surface area contributed by atoms with Crippen molar-refractivity contribution in [1.29, 1.82) is 0 Å². The fourth-order valence-corrected chi connectivity index (χ4v) is 2.48. The molecule has 0 aliphatic heterocycles. The van der Waals surface area contributed by atoms with E-state index in [0.29, 0.717) is 23.6 Å². The number of aryl methyl sites for hydroxylation is 1. The molecule has 21 heavy (non-hydrogen) atoms.